The average Bonchev–Trinajstić information content (AvgIpc) is 2.83. The molecule has 1 aromatic carbocycles. The van der Waals surface area contributed by atoms with Crippen molar-refractivity contribution in [2.75, 3.05) is 6.54 Å². The minimum atomic E-state index is -0.0945. The lowest BCUT2D eigenvalue weighted by Crippen LogP contribution is -2.26. The van der Waals surface area contributed by atoms with Gasteiger partial charge in [0.25, 0.3) is 0 Å². The van der Waals surface area contributed by atoms with Crippen molar-refractivity contribution in [3.63, 3.8) is 0 Å². The normalized spacial score (nSPS) is 12.6. The van der Waals surface area contributed by atoms with E-state index in [0.29, 0.717) is 10.0 Å². The van der Waals surface area contributed by atoms with Gasteiger partial charge in [-0.25, -0.2) is 0 Å². The Kier molecular flexibility index (Phi) is 6.11. The third-order valence-electron chi connectivity index (χ3n) is 3.29. The molecule has 0 bridgehead atoms. The Hall–Kier alpha value is -0.550. The van der Waals surface area contributed by atoms with Crippen LogP contribution in [0.25, 0.3) is 0 Å². The van der Waals surface area contributed by atoms with Crippen LogP contribution in [0.4, 0.5) is 0 Å². The van der Waals surface area contributed by atoms with Crippen molar-refractivity contribution in [1.82, 2.24) is 15.1 Å². The molecule has 0 amide bonds. The van der Waals surface area contributed by atoms with Crippen molar-refractivity contribution in [1.29, 1.82) is 0 Å². The Morgan fingerprint density at radius 3 is 2.52 bits per heavy atom. The average molecular weight is 391 g/mol. The summed E-state index contributed by atoms with van der Waals surface area (Å²) in [4.78, 5) is 0. The molecule has 1 atom stereocenters. The van der Waals surface area contributed by atoms with Crippen molar-refractivity contribution in [2.24, 2.45) is 0 Å². The number of hydrogen-bond acceptors (Lipinski definition) is 2. The van der Waals surface area contributed by atoms with Gasteiger partial charge in [0.05, 0.1) is 22.4 Å². The van der Waals surface area contributed by atoms with Crippen LogP contribution in [-0.4, -0.2) is 16.3 Å². The maximum absolute atomic E-state index is 6.40. The van der Waals surface area contributed by atoms with Gasteiger partial charge in [-0.1, -0.05) is 36.2 Å². The molecule has 21 heavy (non-hydrogen) atoms. The van der Waals surface area contributed by atoms with Crippen LogP contribution in [0.15, 0.2) is 28.9 Å². The van der Waals surface area contributed by atoms with Crippen LogP contribution in [0.2, 0.25) is 10.0 Å². The highest BCUT2D eigenvalue weighted by Crippen LogP contribution is 2.36. The smallest absolute Gasteiger partial charge is 0.0789 e. The van der Waals surface area contributed by atoms with Crippen molar-refractivity contribution >= 4 is 39.1 Å². The van der Waals surface area contributed by atoms with Gasteiger partial charge >= 0.3 is 0 Å². The van der Waals surface area contributed by atoms with Crippen LogP contribution in [0.3, 0.4) is 0 Å². The van der Waals surface area contributed by atoms with E-state index in [2.05, 4.69) is 40.2 Å². The summed E-state index contributed by atoms with van der Waals surface area (Å²) >= 11 is 16.4. The van der Waals surface area contributed by atoms with Crippen LogP contribution >= 0.6 is 39.1 Å². The number of rotatable bonds is 6. The molecule has 0 radical (unpaired) electrons. The molecular weight excluding hydrogens is 373 g/mol. The van der Waals surface area contributed by atoms with Crippen LogP contribution in [0.1, 0.15) is 37.6 Å². The Balaban J connectivity index is 2.55. The Bertz CT molecular complexity index is 593. The molecule has 0 saturated heterocycles. The molecule has 0 aliphatic heterocycles. The molecule has 1 heterocycles. The number of halogens is 3. The third kappa shape index (κ3) is 3.62. The van der Waals surface area contributed by atoms with E-state index in [4.69, 9.17) is 23.2 Å². The summed E-state index contributed by atoms with van der Waals surface area (Å²) < 4.78 is 2.91. The lowest BCUT2D eigenvalue weighted by Gasteiger charge is -2.23. The Morgan fingerprint density at radius 1 is 1.29 bits per heavy atom. The molecule has 0 spiro atoms. The first kappa shape index (κ1) is 16.8. The molecule has 3 nitrogen and oxygen atoms in total. The summed E-state index contributed by atoms with van der Waals surface area (Å²) in [6.45, 7) is 5.85. The standard InChI is InChI=1S/C15H18BrCl2N3/c1-3-8-19-14(13-11(17)6-5-7-12(13)18)15-10(16)9-20-21(15)4-2/h5-7,9,14,19H,3-4,8H2,1-2H3. The Labute approximate surface area is 143 Å². The zero-order valence-electron chi connectivity index (χ0n) is 12.0. The van der Waals surface area contributed by atoms with Gasteiger partial charge in [0, 0.05) is 22.2 Å². The summed E-state index contributed by atoms with van der Waals surface area (Å²) in [5, 5.41) is 9.24. The second-order valence-corrected chi connectivity index (χ2v) is 6.38. The van der Waals surface area contributed by atoms with Crippen LogP contribution < -0.4 is 5.32 Å². The maximum Gasteiger partial charge on any atom is 0.0789 e. The highest BCUT2D eigenvalue weighted by molar-refractivity contribution is 9.10. The molecule has 2 rings (SSSR count). The van der Waals surface area contributed by atoms with E-state index in [1.807, 2.05) is 29.1 Å². The predicted molar refractivity (Wildman–Crippen MR) is 92.2 cm³/mol. The largest absolute Gasteiger partial charge is 0.305 e. The second-order valence-electron chi connectivity index (χ2n) is 4.72. The molecule has 0 aliphatic rings. The van der Waals surface area contributed by atoms with E-state index in [1.165, 1.54) is 0 Å². The van der Waals surface area contributed by atoms with Crippen molar-refractivity contribution in [3.05, 3.63) is 50.2 Å². The number of nitrogens with zero attached hydrogens (tertiary/aromatic N) is 2. The molecule has 6 heteroatoms. The van der Waals surface area contributed by atoms with E-state index in [1.54, 1.807) is 0 Å². The van der Waals surface area contributed by atoms with E-state index in [9.17, 15) is 0 Å². The van der Waals surface area contributed by atoms with Gasteiger partial charge in [-0.3, -0.25) is 4.68 Å². The fourth-order valence-electron chi connectivity index (χ4n) is 2.32. The van der Waals surface area contributed by atoms with Crippen molar-refractivity contribution in [2.45, 2.75) is 32.9 Å². The molecule has 1 N–H and O–H groups in total. The summed E-state index contributed by atoms with van der Waals surface area (Å²) in [7, 11) is 0. The molecule has 2 aromatic rings. The van der Waals surface area contributed by atoms with Crippen molar-refractivity contribution in [3.8, 4) is 0 Å². The lowest BCUT2D eigenvalue weighted by molar-refractivity contribution is 0.528. The molecule has 0 fully saturated rings. The zero-order chi connectivity index (χ0) is 15.4. The zero-order valence-corrected chi connectivity index (χ0v) is 15.1. The summed E-state index contributed by atoms with van der Waals surface area (Å²) in [5.74, 6) is 0. The quantitative estimate of drug-likeness (QED) is 0.746. The number of hydrogen-bond donors (Lipinski definition) is 1. The number of benzene rings is 1. The van der Waals surface area contributed by atoms with Gasteiger partial charge in [-0.2, -0.15) is 5.10 Å². The second kappa shape index (κ2) is 7.63. The molecular formula is C15H18BrCl2N3. The van der Waals surface area contributed by atoms with Crippen LogP contribution in [0.5, 0.6) is 0 Å². The predicted octanol–water partition coefficient (Wildman–Crippen LogP) is 5.06. The minimum absolute atomic E-state index is 0.0945. The fraction of sp³-hybridized carbons (Fsp3) is 0.400. The topological polar surface area (TPSA) is 29.9 Å². The SMILES string of the molecule is CCCNC(c1c(Cl)cccc1Cl)c1c(Br)cnn1CC. The highest BCUT2D eigenvalue weighted by Gasteiger charge is 2.25. The minimum Gasteiger partial charge on any atom is -0.305 e. The molecule has 0 aliphatic carbocycles. The molecule has 114 valence electrons. The monoisotopic (exact) mass is 389 g/mol. The summed E-state index contributed by atoms with van der Waals surface area (Å²) in [5.41, 5.74) is 1.94. The van der Waals surface area contributed by atoms with Crippen LogP contribution in [-0.2, 0) is 6.54 Å². The Morgan fingerprint density at radius 2 is 1.95 bits per heavy atom. The van der Waals surface area contributed by atoms with Gasteiger partial charge in [0.15, 0.2) is 0 Å². The van der Waals surface area contributed by atoms with Crippen LogP contribution in [0, 0.1) is 0 Å². The van der Waals surface area contributed by atoms with E-state index in [0.717, 1.165) is 35.2 Å². The molecule has 1 aromatic heterocycles. The summed E-state index contributed by atoms with van der Waals surface area (Å²) in [6.07, 6.45) is 2.83. The molecule has 0 saturated carbocycles. The van der Waals surface area contributed by atoms with Gasteiger partial charge in [0.2, 0.25) is 0 Å². The number of aryl methyl sites for hydroxylation is 1. The van der Waals surface area contributed by atoms with Gasteiger partial charge in [0.1, 0.15) is 0 Å². The van der Waals surface area contributed by atoms with Gasteiger partial charge < -0.3 is 5.32 Å². The van der Waals surface area contributed by atoms with Crippen molar-refractivity contribution < 1.29 is 0 Å². The van der Waals surface area contributed by atoms with E-state index in [-0.39, 0.29) is 6.04 Å². The third-order valence-corrected chi connectivity index (χ3v) is 4.56. The maximum atomic E-state index is 6.40. The lowest BCUT2D eigenvalue weighted by atomic mass is 10.0. The van der Waals surface area contributed by atoms with E-state index >= 15 is 0 Å². The first-order valence-corrected chi connectivity index (χ1v) is 8.53. The number of aromatic nitrogens is 2. The van der Waals surface area contributed by atoms with Gasteiger partial charge in [-0.05, 0) is 48.0 Å². The van der Waals surface area contributed by atoms with E-state index < -0.39 is 0 Å². The van der Waals surface area contributed by atoms with Gasteiger partial charge in [-0.15, -0.1) is 0 Å². The number of nitrogens with one attached hydrogen (secondary N) is 1. The first-order valence-electron chi connectivity index (χ1n) is 6.98. The molecule has 1 unspecified atom stereocenters. The fourth-order valence-corrected chi connectivity index (χ4v) is 3.46. The first-order chi connectivity index (χ1) is 10.1. The summed E-state index contributed by atoms with van der Waals surface area (Å²) in [6, 6.07) is 5.49. The highest BCUT2D eigenvalue weighted by atomic mass is 79.9.